The van der Waals surface area contributed by atoms with E-state index in [2.05, 4.69) is 5.32 Å². The minimum atomic E-state index is -0.532. The van der Waals surface area contributed by atoms with E-state index in [0.717, 1.165) is 5.56 Å². The van der Waals surface area contributed by atoms with Gasteiger partial charge in [-0.2, -0.15) is 0 Å². The van der Waals surface area contributed by atoms with E-state index in [-0.39, 0.29) is 11.7 Å². The Balaban J connectivity index is 2.05. The summed E-state index contributed by atoms with van der Waals surface area (Å²) < 4.78 is 12.8. The summed E-state index contributed by atoms with van der Waals surface area (Å²) in [7, 11) is 0. The molecule has 0 radical (unpaired) electrons. The summed E-state index contributed by atoms with van der Waals surface area (Å²) in [5.74, 6) is -0.389. The van der Waals surface area contributed by atoms with Crippen molar-refractivity contribution in [3.63, 3.8) is 0 Å². The molecule has 0 fully saturated rings. The average Bonchev–Trinajstić information content (AvgIpc) is 2.42. The van der Waals surface area contributed by atoms with Crippen molar-refractivity contribution < 1.29 is 9.18 Å². The Hall–Kier alpha value is -2.16. The minimum Gasteiger partial charge on any atom is -0.326 e. The monoisotopic (exact) mass is 271 g/mol. The number of hydrogen-bond acceptors (Lipinski definition) is 1. The lowest BCUT2D eigenvalue weighted by molar-refractivity contribution is -0.123. The van der Waals surface area contributed by atoms with Crippen molar-refractivity contribution in [3.05, 3.63) is 66.0 Å². The van der Waals surface area contributed by atoms with E-state index < -0.39 is 5.41 Å². The van der Waals surface area contributed by atoms with Crippen LogP contribution < -0.4 is 5.32 Å². The van der Waals surface area contributed by atoms with Gasteiger partial charge in [0.2, 0.25) is 5.91 Å². The van der Waals surface area contributed by atoms with Crippen molar-refractivity contribution in [2.75, 3.05) is 5.32 Å². The molecule has 0 spiro atoms. The number of nitrogens with one attached hydrogen (secondary N) is 1. The molecule has 0 aliphatic rings. The van der Waals surface area contributed by atoms with Gasteiger partial charge >= 0.3 is 0 Å². The highest BCUT2D eigenvalue weighted by Gasteiger charge is 2.27. The van der Waals surface area contributed by atoms with Crippen LogP contribution in [-0.2, 0) is 11.2 Å². The lowest BCUT2D eigenvalue weighted by Crippen LogP contribution is -2.32. The minimum absolute atomic E-state index is 0.0760. The first-order chi connectivity index (χ1) is 9.47. The molecule has 3 heteroatoms. The van der Waals surface area contributed by atoms with Gasteiger partial charge in [-0.3, -0.25) is 4.79 Å². The van der Waals surface area contributed by atoms with Crippen molar-refractivity contribution in [3.8, 4) is 0 Å². The summed E-state index contributed by atoms with van der Waals surface area (Å²) >= 11 is 0. The van der Waals surface area contributed by atoms with Gasteiger partial charge in [-0.25, -0.2) is 4.39 Å². The maximum absolute atomic E-state index is 12.8. The van der Waals surface area contributed by atoms with E-state index >= 15 is 0 Å². The zero-order valence-corrected chi connectivity index (χ0v) is 11.7. The van der Waals surface area contributed by atoms with Gasteiger partial charge in [0.1, 0.15) is 5.82 Å². The second-order valence-electron chi connectivity index (χ2n) is 5.51. The van der Waals surface area contributed by atoms with Gasteiger partial charge in [0.15, 0.2) is 0 Å². The molecule has 0 unspecified atom stereocenters. The van der Waals surface area contributed by atoms with Crippen LogP contribution in [0.2, 0.25) is 0 Å². The Kier molecular flexibility index (Phi) is 4.18. The van der Waals surface area contributed by atoms with E-state index in [1.54, 1.807) is 12.1 Å². The molecule has 0 aliphatic heterocycles. The number of rotatable bonds is 4. The summed E-state index contributed by atoms with van der Waals surface area (Å²) in [6, 6.07) is 15.7. The maximum Gasteiger partial charge on any atom is 0.230 e. The molecular weight excluding hydrogens is 253 g/mol. The summed E-state index contributed by atoms with van der Waals surface area (Å²) in [5.41, 5.74) is 1.19. The molecule has 0 bridgehead atoms. The number of carbonyl (C=O) groups is 1. The summed E-state index contributed by atoms with van der Waals surface area (Å²) in [6.45, 7) is 3.80. The molecule has 0 saturated carbocycles. The highest BCUT2D eigenvalue weighted by atomic mass is 19.1. The molecule has 20 heavy (non-hydrogen) atoms. The molecule has 2 aromatic carbocycles. The first-order valence-corrected chi connectivity index (χ1v) is 6.58. The fourth-order valence-corrected chi connectivity index (χ4v) is 2.02. The predicted molar refractivity (Wildman–Crippen MR) is 79.0 cm³/mol. The first-order valence-electron chi connectivity index (χ1n) is 6.58. The SMILES string of the molecule is CC(C)(Cc1ccccc1)C(=O)Nc1ccc(F)cc1. The number of benzene rings is 2. The smallest absolute Gasteiger partial charge is 0.230 e. The van der Waals surface area contributed by atoms with Gasteiger partial charge in [0, 0.05) is 11.1 Å². The van der Waals surface area contributed by atoms with Gasteiger partial charge in [-0.15, -0.1) is 0 Å². The van der Waals surface area contributed by atoms with Crippen LogP contribution in [0.1, 0.15) is 19.4 Å². The summed E-state index contributed by atoms with van der Waals surface area (Å²) in [6.07, 6.45) is 0.654. The Labute approximate surface area is 118 Å². The number of anilines is 1. The van der Waals surface area contributed by atoms with E-state index in [1.165, 1.54) is 12.1 Å². The summed E-state index contributed by atoms with van der Waals surface area (Å²) in [5, 5.41) is 2.82. The Morgan fingerprint density at radius 2 is 1.65 bits per heavy atom. The predicted octanol–water partition coefficient (Wildman–Crippen LogP) is 4.03. The van der Waals surface area contributed by atoms with Crippen LogP contribution in [0, 0.1) is 11.2 Å². The van der Waals surface area contributed by atoms with Crippen LogP contribution in [0.25, 0.3) is 0 Å². The molecule has 0 saturated heterocycles. The third kappa shape index (κ3) is 3.67. The fraction of sp³-hybridized carbons (Fsp3) is 0.235. The average molecular weight is 271 g/mol. The van der Waals surface area contributed by atoms with Crippen molar-refractivity contribution >= 4 is 11.6 Å². The normalized spacial score (nSPS) is 11.2. The lowest BCUT2D eigenvalue weighted by atomic mass is 9.84. The van der Waals surface area contributed by atoms with Crippen LogP contribution >= 0.6 is 0 Å². The van der Waals surface area contributed by atoms with Crippen LogP contribution in [0.4, 0.5) is 10.1 Å². The van der Waals surface area contributed by atoms with Crippen molar-refractivity contribution in [2.45, 2.75) is 20.3 Å². The largest absolute Gasteiger partial charge is 0.326 e. The van der Waals surface area contributed by atoms with Gasteiger partial charge in [0.25, 0.3) is 0 Å². The van der Waals surface area contributed by atoms with Crippen molar-refractivity contribution in [1.82, 2.24) is 0 Å². The van der Waals surface area contributed by atoms with Crippen LogP contribution in [0.5, 0.6) is 0 Å². The number of halogens is 1. The molecular formula is C17H18FNO. The Morgan fingerprint density at radius 3 is 2.25 bits per heavy atom. The van der Waals surface area contributed by atoms with Gasteiger partial charge in [-0.1, -0.05) is 44.2 Å². The third-order valence-corrected chi connectivity index (χ3v) is 3.21. The number of carbonyl (C=O) groups excluding carboxylic acids is 1. The molecule has 0 heterocycles. The Bertz CT molecular complexity index is 576. The fourth-order valence-electron chi connectivity index (χ4n) is 2.02. The molecule has 0 atom stereocenters. The van der Waals surface area contributed by atoms with E-state index in [0.29, 0.717) is 12.1 Å². The third-order valence-electron chi connectivity index (χ3n) is 3.21. The molecule has 2 aromatic rings. The van der Waals surface area contributed by atoms with E-state index in [4.69, 9.17) is 0 Å². The zero-order chi connectivity index (χ0) is 14.6. The standard InChI is InChI=1S/C17H18FNO/c1-17(2,12-13-6-4-3-5-7-13)16(20)19-15-10-8-14(18)9-11-15/h3-11H,12H2,1-2H3,(H,19,20). The van der Waals surface area contributed by atoms with Crippen LogP contribution in [0.3, 0.4) is 0 Å². The molecule has 2 nitrogen and oxygen atoms in total. The molecule has 104 valence electrons. The van der Waals surface area contributed by atoms with Crippen LogP contribution in [0.15, 0.2) is 54.6 Å². The van der Waals surface area contributed by atoms with E-state index in [1.807, 2.05) is 44.2 Å². The second kappa shape index (κ2) is 5.87. The quantitative estimate of drug-likeness (QED) is 0.893. The molecule has 0 aliphatic carbocycles. The molecule has 2 rings (SSSR count). The molecule has 0 aromatic heterocycles. The lowest BCUT2D eigenvalue weighted by Gasteiger charge is -2.23. The maximum atomic E-state index is 12.8. The molecule has 1 amide bonds. The number of hydrogen-bond donors (Lipinski definition) is 1. The Morgan fingerprint density at radius 1 is 1.05 bits per heavy atom. The van der Waals surface area contributed by atoms with Gasteiger partial charge in [0.05, 0.1) is 0 Å². The van der Waals surface area contributed by atoms with Gasteiger partial charge in [-0.05, 0) is 36.2 Å². The molecule has 1 N–H and O–H groups in total. The zero-order valence-electron chi connectivity index (χ0n) is 11.7. The first kappa shape index (κ1) is 14.3. The van der Waals surface area contributed by atoms with E-state index in [9.17, 15) is 9.18 Å². The number of amides is 1. The van der Waals surface area contributed by atoms with Crippen molar-refractivity contribution in [2.24, 2.45) is 5.41 Å². The van der Waals surface area contributed by atoms with Crippen LogP contribution in [-0.4, -0.2) is 5.91 Å². The van der Waals surface area contributed by atoms with Gasteiger partial charge < -0.3 is 5.32 Å². The highest BCUT2D eigenvalue weighted by Crippen LogP contribution is 2.24. The second-order valence-corrected chi connectivity index (χ2v) is 5.51. The van der Waals surface area contributed by atoms with Crippen molar-refractivity contribution in [1.29, 1.82) is 0 Å². The topological polar surface area (TPSA) is 29.1 Å². The highest BCUT2D eigenvalue weighted by molar-refractivity contribution is 5.94. The summed E-state index contributed by atoms with van der Waals surface area (Å²) in [4.78, 5) is 12.3.